The predicted octanol–water partition coefficient (Wildman–Crippen LogP) is 1.05. The molecule has 0 aliphatic carbocycles. The van der Waals surface area contributed by atoms with Gasteiger partial charge in [-0.15, -0.1) is 0 Å². The molecule has 206 valence electrons. The number of nitrogens with one attached hydrogen (secondary N) is 3. The molecule has 2 heterocycles. The lowest BCUT2D eigenvalue weighted by Crippen LogP contribution is -2.57. The number of carboxylic acids is 1. The Bertz CT molecular complexity index is 1350. The molecule has 1 aliphatic rings. The monoisotopic (exact) mass is 535 g/mol. The van der Waals surface area contributed by atoms with Gasteiger partial charge in [0.25, 0.3) is 0 Å². The van der Waals surface area contributed by atoms with Crippen LogP contribution in [-0.2, 0) is 32.0 Å². The average Bonchev–Trinajstić information content (AvgIpc) is 3.56. The van der Waals surface area contributed by atoms with Gasteiger partial charge in [-0.25, -0.2) is 4.79 Å². The van der Waals surface area contributed by atoms with Gasteiger partial charge in [-0.1, -0.05) is 30.3 Å². The van der Waals surface area contributed by atoms with Gasteiger partial charge >= 0.3 is 5.97 Å². The number of hydrogen-bond acceptors (Lipinski definition) is 6. The first-order chi connectivity index (χ1) is 18.6. The molecule has 2 aromatic carbocycles. The number of para-hydroxylation sites is 1. The minimum Gasteiger partial charge on any atom is -0.508 e. The van der Waals surface area contributed by atoms with Gasteiger partial charge in [-0.3, -0.25) is 14.4 Å². The fourth-order valence-corrected chi connectivity index (χ4v) is 4.90. The Hall–Kier alpha value is -4.38. The summed E-state index contributed by atoms with van der Waals surface area (Å²) in [6.45, 7) is 1.94. The number of rotatable bonds is 10. The number of likely N-dealkylation sites (tertiary alicyclic amines) is 1. The normalized spacial score (nSPS) is 17.4. The van der Waals surface area contributed by atoms with E-state index in [1.165, 1.54) is 17.0 Å². The quantitative estimate of drug-likeness (QED) is 0.225. The Balaban J connectivity index is 1.53. The van der Waals surface area contributed by atoms with Crippen LogP contribution in [0.2, 0.25) is 0 Å². The second-order valence-electron chi connectivity index (χ2n) is 9.87. The average molecular weight is 536 g/mol. The van der Waals surface area contributed by atoms with Crippen molar-refractivity contribution in [2.45, 2.75) is 56.8 Å². The van der Waals surface area contributed by atoms with Crippen molar-refractivity contribution in [3.63, 3.8) is 0 Å². The minimum atomic E-state index is -1.25. The van der Waals surface area contributed by atoms with Gasteiger partial charge < -0.3 is 36.5 Å². The number of benzene rings is 2. The van der Waals surface area contributed by atoms with Crippen LogP contribution in [0.4, 0.5) is 0 Å². The highest BCUT2D eigenvalue weighted by Crippen LogP contribution is 2.21. The molecule has 0 bridgehead atoms. The number of H-pyrrole nitrogens is 1. The zero-order valence-corrected chi connectivity index (χ0v) is 21.6. The Kier molecular flexibility index (Phi) is 8.50. The number of aromatic hydroxyl groups is 1. The van der Waals surface area contributed by atoms with E-state index in [0.717, 1.165) is 16.5 Å². The SMILES string of the molecule is CC(N)C(=O)N1CCCC1C(=O)NC(Cc1ccc(O)cc1)C(=O)NC(Cc1c[nH]c2ccccc12)C(=O)O. The Morgan fingerprint density at radius 3 is 2.46 bits per heavy atom. The van der Waals surface area contributed by atoms with E-state index >= 15 is 0 Å². The number of hydrogen-bond donors (Lipinski definition) is 6. The second-order valence-corrected chi connectivity index (χ2v) is 9.87. The van der Waals surface area contributed by atoms with Gasteiger partial charge in [-0.2, -0.15) is 0 Å². The van der Waals surface area contributed by atoms with E-state index in [1.54, 1.807) is 25.3 Å². The number of phenols is 1. The molecule has 0 spiro atoms. The molecule has 7 N–H and O–H groups in total. The molecule has 1 fully saturated rings. The van der Waals surface area contributed by atoms with Crippen LogP contribution in [0.3, 0.4) is 0 Å². The third kappa shape index (κ3) is 6.55. The van der Waals surface area contributed by atoms with E-state index in [-0.39, 0.29) is 24.5 Å². The molecule has 3 amide bonds. The van der Waals surface area contributed by atoms with Gasteiger partial charge in [-0.05, 0) is 49.1 Å². The highest BCUT2D eigenvalue weighted by molar-refractivity contribution is 5.94. The van der Waals surface area contributed by atoms with Crippen molar-refractivity contribution in [3.8, 4) is 5.75 Å². The van der Waals surface area contributed by atoms with Crippen molar-refractivity contribution in [2.75, 3.05) is 6.54 Å². The van der Waals surface area contributed by atoms with Crippen molar-refractivity contribution in [2.24, 2.45) is 5.73 Å². The molecule has 39 heavy (non-hydrogen) atoms. The molecule has 3 aromatic rings. The summed E-state index contributed by atoms with van der Waals surface area (Å²) in [4.78, 5) is 55.9. The number of amides is 3. The second kappa shape index (κ2) is 12.0. The first-order valence-corrected chi connectivity index (χ1v) is 12.9. The molecule has 4 unspecified atom stereocenters. The number of aromatic nitrogens is 1. The summed E-state index contributed by atoms with van der Waals surface area (Å²) >= 11 is 0. The molecular formula is C28H33N5O6. The molecule has 11 nitrogen and oxygen atoms in total. The van der Waals surface area contributed by atoms with Crippen molar-refractivity contribution in [3.05, 3.63) is 65.9 Å². The highest BCUT2D eigenvalue weighted by atomic mass is 16.4. The molecule has 1 saturated heterocycles. The third-order valence-corrected chi connectivity index (χ3v) is 6.95. The molecule has 1 aliphatic heterocycles. The zero-order valence-electron chi connectivity index (χ0n) is 21.6. The van der Waals surface area contributed by atoms with Gasteiger partial charge in [0.1, 0.15) is 23.9 Å². The number of carbonyl (C=O) groups is 4. The predicted molar refractivity (Wildman–Crippen MR) is 144 cm³/mol. The lowest BCUT2D eigenvalue weighted by atomic mass is 10.0. The number of nitrogens with zero attached hydrogens (tertiary/aromatic N) is 1. The largest absolute Gasteiger partial charge is 0.508 e. The van der Waals surface area contributed by atoms with Crippen molar-refractivity contribution in [1.29, 1.82) is 0 Å². The van der Waals surface area contributed by atoms with Crippen molar-refractivity contribution >= 4 is 34.6 Å². The Morgan fingerprint density at radius 2 is 1.77 bits per heavy atom. The fourth-order valence-electron chi connectivity index (χ4n) is 4.90. The van der Waals surface area contributed by atoms with Gasteiger partial charge in [0.05, 0.1) is 6.04 Å². The smallest absolute Gasteiger partial charge is 0.326 e. The van der Waals surface area contributed by atoms with Crippen LogP contribution in [0, 0.1) is 0 Å². The van der Waals surface area contributed by atoms with E-state index in [1.807, 2.05) is 24.3 Å². The molecule has 4 atom stereocenters. The van der Waals surface area contributed by atoms with Gasteiger partial charge in [0.15, 0.2) is 0 Å². The lowest BCUT2D eigenvalue weighted by Gasteiger charge is -2.28. The summed E-state index contributed by atoms with van der Waals surface area (Å²) in [6.07, 6.45) is 2.84. The van der Waals surface area contributed by atoms with Gasteiger partial charge in [0.2, 0.25) is 17.7 Å². The standard InChI is InChI=1S/C28H33N5O6/c1-16(29)27(37)33-12-4-7-24(33)26(36)31-22(13-17-8-10-19(34)11-9-17)25(35)32-23(28(38)39)14-18-15-30-21-6-3-2-5-20(18)21/h2-3,5-6,8-11,15-16,22-24,30,34H,4,7,12-14,29H2,1H3,(H,31,36)(H,32,35)(H,38,39). The summed E-state index contributed by atoms with van der Waals surface area (Å²) in [5, 5.41) is 25.7. The lowest BCUT2D eigenvalue weighted by molar-refractivity contribution is -0.143. The van der Waals surface area contributed by atoms with Crippen LogP contribution in [0.1, 0.15) is 30.9 Å². The van der Waals surface area contributed by atoms with E-state index in [0.29, 0.717) is 24.9 Å². The minimum absolute atomic E-state index is 0.0320. The molecular weight excluding hydrogens is 502 g/mol. The third-order valence-electron chi connectivity index (χ3n) is 6.95. The number of fused-ring (bicyclic) bond motifs is 1. The maximum Gasteiger partial charge on any atom is 0.326 e. The fraction of sp³-hybridized carbons (Fsp3) is 0.357. The number of phenolic OH excluding ortho intramolecular Hbond substituents is 1. The molecule has 0 saturated carbocycles. The number of aliphatic carboxylic acids is 1. The number of nitrogens with two attached hydrogens (primary N) is 1. The maximum atomic E-state index is 13.4. The summed E-state index contributed by atoms with van der Waals surface area (Å²) in [6, 6.07) is 9.68. The molecule has 0 radical (unpaired) electrons. The van der Waals surface area contributed by atoms with Crippen LogP contribution >= 0.6 is 0 Å². The molecule has 4 rings (SSSR count). The summed E-state index contributed by atoms with van der Waals surface area (Å²) in [5.41, 5.74) is 7.97. The van der Waals surface area contributed by atoms with Crippen LogP contribution in [-0.4, -0.2) is 74.5 Å². The van der Waals surface area contributed by atoms with E-state index in [9.17, 15) is 29.4 Å². The number of aromatic amines is 1. The first kappa shape index (κ1) is 27.6. The Morgan fingerprint density at radius 1 is 1.05 bits per heavy atom. The highest BCUT2D eigenvalue weighted by Gasteiger charge is 2.37. The first-order valence-electron chi connectivity index (χ1n) is 12.9. The molecule has 11 heteroatoms. The van der Waals surface area contributed by atoms with E-state index < -0.39 is 42.0 Å². The van der Waals surface area contributed by atoms with Crippen LogP contribution in [0.5, 0.6) is 5.75 Å². The van der Waals surface area contributed by atoms with Crippen molar-refractivity contribution in [1.82, 2.24) is 20.5 Å². The Labute approximate surface area is 225 Å². The zero-order chi connectivity index (χ0) is 28.1. The van der Waals surface area contributed by atoms with Crippen molar-refractivity contribution < 1.29 is 29.4 Å². The van der Waals surface area contributed by atoms with Crippen LogP contribution < -0.4 is 16.4 Å². The summed E-state index contributed by atoms with van der Waals surface area (Å²) < 4.78 is 0. The number of carboxylic acid groups (broad SMARTS) is 1. The van der Waals surface area contributed by atoms with Crippen LogP contribution in [0.15, 0.2) is 54.7 Å². The van der Waals surface area contributed by atoms with E-state index in [2.05, 4.69) is 15.6 Å². The summed E-state index contributed by atoms with van der Waals surface area (Å²) in [5.74, 6) is -2.70. The van der Waals surface area contributed by atoms with E-state index in [4.69, 9.17) is 5.73 Å². The summed E-state index contributed by atoms with van der Waals surface area (Å²) in [7, 11) is 0. The van der Waals surface area contributed by atoms with Crippen LogP contribution in [0.25, 0.3) is 10.9 Å². The number of carbonyl (C=O) groups excluding carboxylic acids is 3. The maximum absolute atomic E-state index is 13.4. The molecule has 1 aromatic heterocycles. The van der Waals surface area contributed by atoms with Gasteiger partial charge in [0, 0.05) is 36.5 Å². The topological polar surface area (TPSA) is 178 Å².